The van der Waals surface area contributed by atoms with Gasteiger partial charge in [-0.2, -0.15) is 0 Å². The van der Waals surface area contributed by atoms with E-state index in [4.69, 9.17) is 5.73 Å². The first-order chi connectivity index (χ1) is 14.3. The lowest BCUT2D eigenvalue weighted by molar-refractivity contribution is 0.1000. The summed E-state index contributed by atoms with van der Waals surface area (Å²) in [6, 6.07) is 6.96. The lowest BCUT2D eigenvalue weighted by Gasteiger charge is -2.19. The maximum absolute atomic E-state index is 11.9. The zero-order valence-electron chi connectivity index (χ0n) is 17.0. The number of nitrogens with zero attached hydrogens (tertiary/aromatic N) is 2. The van der Waals surface area contributed by atoms with Crippen LogP contribution in [0.5, 0.6) is 0 Å². The van der Waals surface area contributed by atoms with Crippen LogP contribution in [-0.2, 0) is 0 Å². The average molecular weight is 448 g/mol. The standard InChI is InChI=1S/C20H25N5O3S2/c1-10(2)7-14(9-26)22-17-15-18(25-20(28)30-15)24-19(23-17)29-11(3)12-5-4-6-13(8-12)16(21)27/h4-6,8,10-11,14,26H,7,9H2,1-3H3,(H2,21,27)(H2,22,23,24,25,28)/t11?,14-/m1/s1. The second-order valence-corrected chi connectivity index (χ2v) is 9.74. The van der Waals surface area contributed by atoms with Crippen LogP contribution in [-0.4, -0.2) is 38.6 Å². The summed E-state index contributed by atoms with van der Waals surface area (Å²) in [6.07, 6.45) is 0.764. The summed E-state index contributed by atoms with van der Waals surface area (Å²) in [5.74, 6) is 0.446. The van der Waals surface area contributed by atoms with Crippen molar-refractivity contribution in [1.82, 2.24) is 15.0 Å². The molecule has 8 nitrogen and oxygen atoms in total. The Morgan fingerprint density at radius 2 is 2.10 bits per heavy atom. The van der Waals surface area contributed by atoms with Gasteiger partial charge in [-0.3, -0.25) is 14.6 Å². The summed E-state index contributed by atoms with van der Waals surface area (Å²) in [7, 11) is 0. The molecule has 1 aromatic carbocycles. The lowest BCUT2D eigenvalue weighted by atomic mass is 10.0. The number of carbonyl (C=O) groups excluding carboxylic acids is 1. The number of anilines is 1. The number of nitrogens with two attached hydrogens (primary N) is 1. The fraction of sp³-hybridized carbons (Fsp3) is 0.400. The van der Waals surface area contributed by atoms with E-state index in [1.165, 1.54) is 11.8 Å². The second-order valence-electron chi connectivity index (χ2n) is 7.45. The van der Waals surface area contributed by atoms with Gasteiger partial charge in [-0.1, -0.05) is 49.1 Å². The number of thiazole rings is 1. The summed E-state index contributed by atoms with van der Waals surface area (Å²) >= 11 is 2.45. The van der Waals surface area contributed by atoms with E-state index in [0.29, 0.717) is 32.8 Å². The van der Waals surface area contributed by atoms with Crippen LogP contribution in [0.4, 0.5) is 5.82 Å². The maximum Gasteiger partial charge on any atom is 0.306 e. The van der Waals surface area contributed by atoms with E-state index in [1.807, 2.05) is 13.0 Å². The number of thioether (sulfide) groups is 1. The Balaban J connectivity index is 1.91. The van der Waals surface area contributed by atoms with Gasteiger partial charge in [-0.15, -0.1) is 0 Å². The van der Waals surface area contributed by atoms with Crippen LogP contribution < -0.4 is 15.9 Å². The van der Waals surface area contributed by atoms with Crippen molar-refractivity contribution in [2.45, 2.75) is 43.6 Å². The molecule has 0 aliphatic heterocycles. The van der Waals surface area contributed by atoms with Gasteiger partial charge in [-0.05, 0) is 37.0 Å². The average Bonchev–Trinajstić information content (AvgIpc) is 3.07. The predicted octanol–water partition coefficient (Wildman–Crippen LogP) is 3.15. The largest absolute Gasteiger partial charge is 0.394 e. The summed E-state index contributed by atoms with van der Waals surface area (Å²) < 4.78 is 0.634. The molecule has 5 N–H and O–H groups in total. The van der Waals surface area contributed by atoms with Gasteiger partial charge in [0, 0.05) is 10.8 Å². The molecule has 10 heteroatoms. The minimum atomic E-state index is -0.478. The second kappa shape index (κ2) is 9.59. The molecule has 0 aliphatic rings. The minimum absolute atomic E-state index is 0.0399. The highest BCUT2D eigenvalue weighted by Gasteiger charge is 2.18. The molecule has 2 atom stereocenters. The van der Waals surface area contributed by atoms with E-state index < -0.39 is 5.91 Å². The van der Waals surface area contributed by atoms with Crippen molar-refractivity contribution < 1.29 is 9.90 Å². The van der Waals surface area contributed by atoms with Gasteiger partial charge in [0.25, 0.3) is 0 Å². The highest BCUT2D eigenvalue weighted by molar-refractivity contribution is 7.99. The number of hydrogen-bond acceptors (Lipinski definition) is 8. The van der Waals surface area contributed by atoms with E-state index >= 15 is 0 Å². The highest BCUT2D eigenvalue weighted by Crippen LogP contribution is 2.35. The third-order valence-corrected chi connectivity index (χ3v) is 6.40. The molecule has 3 aromatic rings. The predicted molar refractivity (Wildman–Crippen MR) is 121 cm³/mol. The first-order valence-electron chi connectivity index (χ1n) is 9.61. The molecule has 0 radical (unpaired) electrons. The van der Waals surface area contributed by atoms with Gasteiger partial charge < -0.3 is 16.2 Å². The molecule has 0 aliphatic carbocycles. The number of nitrogens with one attached hydrogen (secondary N) is 2. The summed E-state index contributed by atoms with van der Waals surface area (Å²) in [4.78, 5) is 35.0. The molecule has 3 rings (SSSR count). The molecule has 160 valence electrons. The normalized spacial score (nSPS) is 13.5. The smallest absolute Gasteiger partial charge is 0.306 e. The van der Waals surface area contributed by atoms with Crippen LogP contribution in [0.2, 0.25) is 0 Å². The fourth-order valence-electron chi connectivity index (χ4n) is 3.09. The molecular formula is C20H25N5O3S2. The Hall–Kier alpha value is -2.43. The molecule has 2 aromatic heterocycles. The number of aromatic amines is 1. The van der Waals surface area contributed by atoms with E-state index in [9.17, 15) is 14.7 Å². The minimum Gasteiger partial charge on any atom is -0.394 e. The fourth-order valence-corrected chi connectivity index (χ4v) is 4.70. The first-order valence-corrected chi connectivity index (χ1v) is 11.3. The molecule has 0 fully saturated rings. The number of carbonyl (C=O) groups is 1. The van der Waals surface area contributed by atoms with Gasteiger partial charge in [-0.25, -0.2) is 9.97 Å². The van der Waals surface area contributed by atoms with E-state index in [0.717, 1.165) is 23.3 Å². The molecule has 30 heavy (non-hydrogen) atoms. The van der Waals surface area contributed by atoms with Crippen molar-refractivity contribution >= 4 is 45.2 Å². The lowest BCUT2D eigenvalue weighted by Crippen LogP contribution is -2.26. The number of rotatable bonds is 9. The first kappa shape index (κ1) is 22.3. The number of amides is 1. The van der Waals surface area contributed by atoms with Crippen molar-refractivity contribution in [2.75, 3.05) is 11.9 Å². The van der Waals surface area contributed by atoms with Crippen molar-refractivity contribution in [1.29, 1.82) is 0 Å². The number of aliphatic hydroxyl groups excluding tert-OH is 1. The molecule has 2 heterocycles. The Kier molecular flexibility index (Phi) is 7.11. The van der Waals surface area contributed by atoms with Crippen LogP contribution in [0.25, 0.3) is 10.3 Å². The van der Waals surface area contributed by atoms with Gasteiger partial charge in [0.15, 0.2) is 16.6 Å². The van der Waals surface area contributed by atoms with Gasteiger partial charge in [0.2, 0.25) is 5.91 Å². The number of fused-ring (bicyclic) bond motifs is 1. The zero-order valence-corrected chi connectivity index (χ0v) is 18.6. The van der Waals surface area contributed by atoms with E-state index in [2.05, 4.69) is 34.1 Å². The van der Waals surface area contributed by atoms with Crippen molar-refractivity contribution in [3.63, 3.8) is 0 Å². The SMILES string of the molecule is CC(C)C[C@H](CO)Nc1nc(SC(C)c2cccc(C(N)=O)c2)nc2[nH]c(=O)sc12. The Morgan fingerprint density at radius 1 is 1.33 bits per heavy atom. The summed E-state index contributed by atoms with van der Waals surface area (Å²) in [6.45, 7) is 6.11. The summed E-state index contributed by atoms with van der Waals surface area (Å²) in [5, 5.41) is 13.4. The van der Waals surface area contributed by atoms with E-state index in [1.54, 1.807) is 18.2 Å². The van der Waals surface area contributed by atoms with Crippen LogP contribution in [0.3, 0.4) is 0 Å². The van der Waals surface area contributed by atoms with Crippen LogP contribution in [0.15, 0.2) is 34.2 Å². The molecule has 0 spiro atoms. The molecule has 1 unspecified atom stereocenters. The quantitative estimate of drug-likeness (QED) is 0.292. The number of aromatic nitrogens is 3. The maximum atomic E-state index is 11.9. The third-order valence-electron chi connectivity index (χ3n) is 4.50. The molecule has 0 saturated heterocycles. The van der Waals surface area contributed by atoms with Crippen molar-refractivity contribution in [2.24, 2.45) is 11.7 Å². The molecule has 1 amide bonds. The van der Waals surface area contributed by atoms with Crippen LogP contribution in [0.1, 0.15) is 48.4 Å². The summed E-state index contributed by atoms with van der Waals surface area (Å²) in [5.41, 5.74) is 7.21. The van der Waals surface area contributed by atoms with E-state index in [-0.39, 0.29) is 22.8 Å². The number of primary amides is 1. The van der Waals surface area contributed by atoms with Crippen molar-refractivity contribution in [3.05, 3.63) is 45.1 Å². The highest BCUT2D eigenvalue weighted by atomic mass is 32.2. The Morgan fingerprint density at radius 3 is 2.77 bits per heavy atom. The molecule has 0 saturated carbocycles. The number of benzene rings is 1. The van der Waals surface area contributed by atoms with Gasteiger partial charge >= 0.3 is 4.87 Å². The van der Waals surface area contributed by atoms with Crippen LogP contribution in [0, 0.1) is 5.92 Å². The monoisotopic (exact) mass is 447 g/mol. The van der Waals surface area contributed by atoms with Gasteiger partial charge in [0.05, 0.1) is 12.6 Å². The number of hydrogen-bond donors (Lipinski definition) is 4. The number of H-pyrrole nitrogens is 1. The Labute approximate surface area is 182 Å². The molecule has 0 bridgehead atoms. The topological polar surface area (TPSA) is 134 Å². The molecular weight excluding hydrogens is 422 g/mol. The zero-order chi connectivity index (χ0) is 21.8. The van der Waals surface area contributed by atoms with Crippen LogP contribution >= 0.6 is 23.1 Å². The Bertz CT molecular complexity index is 1100. The number of aliphatic hydroxyl groups is 1. The van der Waals surface area contributed by atoms with Gasteiger partial charge in [0.1, 0.15) is 4.70 Å². The third kappa shape index (κ3) is 5.38. The van der Waals surface area contributed by atoms with Crippen molar-refractivity contribution in [3.8, 4) is 0 Å².